The van der Waals surface area contributed by atoms with Gasteiger partial charge in [0.1, 0.15) is 0 Å². The lowest BCUT2D eigenvalue weighted by atomic mass is 9.75. The van der Waals surface area contributed by atoms with Crippen LogP contribution in [0.5, 0.6) is 0 Å². The zero-order valence-corrected chi connectivity index (χ0v) is 16.2. The van der Waals surface area contributed by atoms with Crippen molar-refractivity contribution in [2.24, 2.45) is 17.3 Å². The van der Waals surface area contributed by atoms with Crippen LogP contribution in [0.25, 0.3) is 0 Å². The standard InChI is InChI=1S/C19H33N3O4/c1-19(2,3)16-15(20-11-13-4-5-13)10-14(12-22(16)18(24)25)17(23)21-6-8-26-9-7-21/h13-16,20H,4-12H2,1-3H3,(H,24,25)/t14-,15+,16?/m1/s1. The molecule has 0 aromatic rings. The van der Waals surface area contributed by atoms with E-state index in [0.29, 0.717) is 38.6 Å². The van der Waals surface area contributed by atoms with E-state index in [9.17, 15) is 14.7 Å². The maximum absolute atomic E-state index is 13.0. The minimum absolute atomic E-state index is 0.00967. The summed E-state index contributed by atoms with van der Waals surface area (Å²) in [6, 6.07) is -0.122. The number of amides is 2. The Bertz CT molecular complexity index is 523. The molecular weight excluding hydrogens is 334 g/mol. The molecule has 0 aromatic heterocycles. The number of carbonyl (C=O) groups is 2. The smallest absolute Gasteiger partial charge is 0.407 e. The topological polar surface area (TPSA) is 82.1 Å². The molecule has 3 fully saturated rings. The van der Waals surface area contributed by atoms with Crippen molar-refractivity contribution in [1.82, 2.24) is 15.1 Å². The predicted molar refractivity (Wildman–Crippen MR) is 98.0 cm³/mol. The number of hydrogen-bond acceptors (Lipinski definition) is 4. The van der Waals surface area contributed by atoms with Gasteiger partial charge in [-0.2, -0.15) is 0 Å². The molecule has 0 bridgehead atoms. The van der Waals surface area contributed by atoms with Crippen LogP contribution in [-0.4, -0.2) is 78.4 Å². The number of likely N-dealkylation sites (tertiary alicyclic amines) is 1. The summed E-state index contributed by atoms with van der Waals surface area (Å²) < 4.78 is 5.34. The Morgan fingerprint density at radius 3 is 2.38 bits per heavy atom. The molecule has 3 atom stereocenters. The van der Waals surface area contributed by atoms with Crippen molar-refractivity contribution in [3.8, 4) is 0 Å². The van der Waals surface area contributed by atoms with Crippen molar-refractivity contribution in [1.29, 1.82) is 0 Å². The van der Waals surface area contributed by atoms with Crippen molar-refractivity contribution in [2.45, 2.75) is 52.1 Å². The van der Waals surface area contributed by atoms with Gasteiger partial charge in [-0.05, 0) is 37.1 Å². The highest BCUT2D eigenvalue weighted by Gasteiger charge is 2.47. The number of ether oxygens (including phenoxy) is 1. The van der Waals surface area contributed by atoms with Gasteiger partial charge in [-0.15, -0.1) is 0 Å². The first kappa shape index (κ1) is 19.4. The molecule has 1 saturated carbocycles. The fraction of sp³-hybridized carbons (Fsp3) is 0.895. The molecule has 3 aliphatic rings. The molecule has 0 aromatic carbocycles. The van der Waals surface area contributed by atoms with Crippen LogP contribution in [0, 0.1) is 17.3 Å². The average Bonchev–Trinajstić information content (AvgIpc) is 3.42. The Morgan fingerprint density at radius 2 is 1.85 bits per heavy atom. The van der Waals surface area contributed by atoms with Crippen molar-refractivity contribution >= 4 is 12.0 Å². The molecule has 26 heavy (non-hydrogen) atoms. The number of rotatable bonds is 4. The van der Waals surface area contributed by atoms with Crippen LogP contribution in [0.15, 0.2) is 0 Å². The van der Waals surface area contributed by atoms with Crippen LogP contribution in [0.4, 0.5) is 4.79 Å². The van der Waals surface area contributed by atoms with Gasteiger partial charge < -0.3 is 25.0 Å². The lowest BCUT2D eigenvalue weighted by Gasteiger charge is -2.49. The first-order valence-electron chi connectivity index (χ1n) is 9.87. The van der Waals surface area contributed by atoms with Crippen LogP contribution >= 0.6 is 0 Å². The van der Waals surface area contributed by atoms with E-state index in [1.54, 1.807) is 0 Å². The van der Waals surface area contributed by atoms with Gasteiger partial charge in [0.15, 0.2) is 0 Å². The summed E-state index contributed by atoms with van der Waals surface area (Å²) in [6.45, 7) is 9.80. The fourth-order valence-corrected chi connectivity index (χ4v) is 4.40. The molecule has 1 aliphatic carbocycles. The van der Waals surface area contributed by atoms with E-state index in [4.69, 9.17) is 4.74 Å². The average molecular weight is 367 g/mol. The third-order valence-electron chi connectivity index (χ3n) is 5.84. The molecule has 1 unspecified atom stereocenters. The normalized spacial score (nSPS) is 30.3. The highest BCUT2D eigenvalue weighted by atomic mass is 16.5. The maximum atomic E-state index is 13.0. The molecule has 3 rings (SSSR count). The Labute approximate surface area is 156 Å². The van der Waals surface area contributed by atoms with Crippen molar-refractivity contribution < 1.29 is 19.4 Å². The van der Waals surface area contributed by atoms with E-state index < -0.39 is 6.09 Å². The quantitative estimate of drug-likeness (QED) is 0.789. The minimum Gasteiger partial charge on any atom is -0.465 e. The predicted octanol–water partition coefficient (Wildman–Crippen LogP) is 1.63. The number of carboxylic acid groups (broad SMARTS) is 1. The molecule has 2 aliphatic heterocycles. The van der Waals surface area contributed by atoms with Crippen LogP contribution in [0.2, 0.25) is 0 Å². The second-order valence-electron chi connectivity index (χ2n) is 9.07. The van der Waals surface area contributed by atoms with E-state index >= 15 is 0 Å². The molecule has 7 nitrogen and oxygen atoms in total. The first-order valence-corrected chi connectivity index (χ1v) is 9.87. The Kier molecular flexibility index (Phi) is 5.77. The van der Waals surface area contributed by atoms with Gasteiger partial charge in [-0.1, -0.05) is 20.8 Å². The van der Waals surface area contributed by atoms with Crippen LogP contribution in [0.1, 0.15) is 40.0 Å². The van der Waals surface area contributed by atoms with E-state index in [2.05, 4.69) is 26.1 Å². The van der Waals surface area contributed by atoms with Crippen LogP contribution < -0.4 is 5.32 Å². The van der Waals surface area contributed by atoms with Crippen molar-refractivity contribution in [3.63, 3.8) is 0 Å². The summed E-state index contributed by atoms with van der Waals surface area (Å²) in [4.78, 5) is 28.3. The fourth-order valence-electron chi connectivity index (χ4n) is 4.40. The second kappa shape index (κ2) is 7.72. The summed E-state index contributed by atoms with van der Waals surface area (Å²) in [5.41, 5.74) is -0.188. The van der Waals surface area contributed by atoms with Gasteiger partial charge in [-0.3, -0.25) is 4.79 Å². The van der Waals surface area contributed by atoms with E-state index in [1.165, 1.54) is 17.7 Å². The van der Waals surface area contributed by atoms with Gasteiger partial charge in [0.2, 0.25) is 5.91 Å². The number of morpholine rings is 1. The van der Waals surface area contributed by atoms with Crippen LogP contribution in [-0.2, 0) is 9.53 Å². The molecular formula is C19H33N3O4. The molecule has 2 heterocycles. The molecule has 2 N–H and O–H groups in total. The lowest BCUT2D eigenvalue weighted by Crippen LogP contribution is -2.64. The zero-order chi connectivity index (χ0) is 18.9. The van der Waals surface area contributed by atoms with Gasteiger partial charge in [-0.25, -0.2) is 4.79 Å². The van der Waals surface area contributed by atoms with Gasteiger partial charge in [0.25, 0.3) is 0 Å². The first-order chi connectivity index (χ1) is 12.3. The Morgan fingerprint density at radius 1 is 1.19 bits per heavy atom. The molecule has 148 valence electrons. The zero-order valence-electron chi connectivity index (χ0n) is 16.2. The summed E-state index contributed by atoms with van der Waals surface area (Å²) in [5, 5.41) is 13.5. The molecule has 0 radical (unpaired) electrons. The molecule has 2 saturated heterocycles. The summed E-state index contributed by atoms with van der Waals surface area (Å²) in [5.74, 6) is 0.508. The highest BCUT2D eigenvalue weighted by molar-refractivity contribution is 5.80. The summed E-state index contributed by atoms with van der Waals surface area (Å²) in [7, 11) is 0. The lowest BCUT2D eigenvalue weighted by molar-refractivity contribution is -0.143. The number of nitrogens with zero attached hydrogens (tertiary/aromatic N) is 2. The highest BCUT2D eigenvalue weighted by Crippen LogP contribution is 2.36. The Balaban J connectivity index is 1.77. The van der Waals surface area contributed by atoms with E-state index in [1.807, 2.05) is 4.90 Å². The number of hydrogen-bond donors (Lipinski definition) is 2. The van der Waals surface area contributed by atoms with Gasteiger partial charge in [0, 0.05) is 25.7 Å². The second-order valence-corrected chi connectivity index (χ2v) is 9.07. The van der Waals surface area contributed by atoms with Crippen molar-refractivity contribution in [3.05, 3.63) is 0 Å². The number of nitrogens with one attached hydrogen (secondary N) is 1. The number of piperidine rings is 1. The Hall–Kier alpha value is -1.34. The molecule has 7 heteroatoms. The third kappa shape index (κ3) is 4.49. The van der Waals surface area contributed by atoms with Gasteiger partial charge in [0.05, 0.1) is 25.2 Å². The number of carbonyl (C=O) groups excluding carboxylic acids is 1. The summed E-state index contributed by atoms with van der Waals surface area (Å²) >= 11 is 0. The third-order valence-corrected chi connectivity index (χ3v) is 5.84. The van der Waals surface area contributed by atoms with E-state index in [-0.39, 0.29) is 35.9 Å². The minimum atomic E-state index is -0.928. The summed E-state index contributed by atoms with van der Waals surface area (Å²) in [6.07, 6.45) is 2.27. The van der Waals surface area contributed by atoms with E-state index in [0.717, 1.165) is 6.54 Å². The largest absolute Gasteiger partial charge is 0.465 e. The van der Waals surface area contributed by atoms with Crippen LogP contribution in [0.3, 0.4) is 0 Å². The van der Waals surface area contributed by atoms with Crippen molar-refractivity contribution in [2.75, 3.05) is 39.4 Å². The maximum Gasteiger partial charge on any atom is 0.407 e. The van der Waals surface area contributed by atoms with Gasteiger partial charge >= 0.3 is 6.09 Å². The molecule has 2 amide bonds. The monoisotopic (exact) mass is 367 g/mol. The molecule has 0 spiro atoms. The SMILES string of the molecule is CC(C)(C)C1[C@@H](NCC2CC2)C[C@@H](C(=O)N2CCOCC2)CN1C(=O)O.